The highest BCUT2D eigenvalue weighted by atomic mass is 19.1. The number of hydrogen-bond donors (Lipinski definition) is 2. The van der Waals surface area contributed by atoms with Crippen molar-refractivity contribution in [2.24, 2.45) is 5.73 Å². The van der Waals surface area contributed by atoms with E-state index in [9.17, 15) is 4.39 Å². The summed E-state index contributed by atoms with van der Waals surface area (Å²) in [7, 11) is 0. The third kappa shape index (κ3) is 2.88. The molecule has 0 saturated carbocycles. The van der Waals surface area contributed by atoms with Crippen LogP contribution in [0.4, 0.5) is 15.9 Å². The first-order chi connectivity index (χ1) is 9.11. The van der Waals surface area contributed by atoms with Gasteiger partial charge in [0.25, 0.3) is 0 Å². The molecule has 0 fully saturated rings. The maximum absolute atomic E-state index is 13.3. The molecule has 1 heterocycles. The number of benzene rings is 1. The molecule has 4 nitrogen and oxygen atoms in total. The maximum Gasteiger partial charge on any atom is 0.141 e. The van der Waals surface area contributed by atoms with Crippen molar-refractivity contribution in [3.8, 4) is 0 Å². The van der Waals surface area contributed by atoms with Crippen molar-refractivity contribution in [2.75, 3.05) is 11.4 Å². The SMILES string of the molecule is CCN(c1cccc(F)c1)c1cccc(C(=N)N)n1. The van der Waals surface area contributed by atoms with Gasteiger partial charge in [-0.15, -0.1) is 0 Å². The number of nitrogens with one attached hydrogen (secondary N) is 1. The Morgan fingerprint density at radius 2 is 2.05 bits per heavy atom. The third-order valence-electron chi connectivity index (χ3n) is 2.72. The van der Waals surface area contributed by atoms with Gasteiger partial charge in [-0.2, -0.15) is 0 Å². The second-order valence-electron chi connectivity index (χ2n) is 4.02. The molecule has 0 amide bonds. The Labute approximate surface area is 111 Å². The zero-order valence-electron chi connectivity index (χ0n) is 10.6. The predicted molar refractivity (Wildman–Crippen MR) is 74.3 cm³/mol. The summed E-state index contributed by atoms with van der Waals surface area (Å²) in [6.07, 6.45) is 0. The van der Waals surface area contributed by atoms with Gasteiger partial charge in [0.1, 0.15) is 23.2 Å². The van der Waals surface area contributed by atoms with Gasteiger partial charge in [0.15, 0.2) is 0 Å². The molecule has 2 rings (SSSR count). The van der Waals surface area contributed by atoms with E-state index in [1.165, 1.54) is 12.1 Å². The van der Waals surface area contributed by atoms with Gasteiger partial charge in [-0.05, 0) is 37.3 Å². The predicted octanol–water partition coefficient (Wildman–Crippen LogP) is 2.66. The van der Waals surface area contributed by atoms with Gasteiger partial charge in [0.05, 0.1) is 0 Å². The number of nitrogens with two attached hydrogens (primary N) is 1. The van der Waals surface area contributed by atoms with Crippen LogP contribution in [0.3, 0.4) is 0 Å². The molecule has 3 N–H and O–H groups in total. The van der Waals surface area contributed by atoms with Crippen LogP contribution in [0.5, 0.6) is 0 Å². The number of nitrogens with zero attached hydrogens (tertiary/aromatic N) is 2. The maximum atomic E-state index is 13.3. The van der Waals surface area contributed by atoms with Crippen LogP contribution in [0.1, 0.15) is 12.6 Å². The van der Waals surface area contributed by atoms with Crippen LogP contribution in [0, 0.1) is 11.2 Å². The lowest BCUT2D eigenvalue weighted by atomic mass is 10.2. The Kier molecular flexibility index (Phi) is 3.75. The van der Waals surface area contributed by atoms with Gasteiger partial charge >= 0.3 is 0 Å². The van der Waals surface area contributed by atoms with Crippen molar-refractivity contribution >= 4 is 17.3 Å². The standard InChI is InChI=1S/C14H15FN4/c1-2-19(11-6-3-5-10(15)9-11)13-8-4-7-12(18-13)14(16)17/h3-9H,2H2,1H3,(H3,16,17). The topological polar surface area (TPSA) is 66.0 Å². The monoisotopic (exact) mass is 258 g/mol. The summed E-state index contributed by atoms with van der Waals surface area (Å²) in [5, 5.41) is 7.41. The van der Waals surface area contributed by atoms with E-state index in [1.807, 2.05) is 17.9 Å². The molecule has 0 bridgehead atoms. The van der Waals surface area contributed by atoms with Crippen molar-refractivity contribution in [3.63, 3.8) is 0 Å². The number of nitrogen functional groups attached to an aromatic ring is 1. The van der Waals surface area contributed by atoms with Gasteiger partial charge in [-0.3, -0.25) is 5.41 Å². The average Bonchev–Trinajstić information content (AvgIpc) is 2.40. The number of pyridine rings is 1. The van der Waals surface area contributed by atoms with Crippen molar-refractivity contribution in [1.29, 1.82) is 5.41 Å². The van der Waals surface area contributed by atoms with Crippen LogP contribution in [-0.2, 0) is 0 Å². The Bertz CT molecular complexity index is 598. The average molecular weight is 258 g/mol. The molecule has 2 aromatic rings. The highest BCUT2D eigenvalue weighted by Crippen LogP contribution is 2.23. The van der Waals surface area contributed by atoms with Gasteiger partial charge in [-0.1, -0.05) is 12.1 Å². The molecule has 1 aromatic carbocycles. The van der Waals surface area contributed by atoms with Gasteiger partial charge in [0, 0.05) is 12.2 Å². The molecule has 0 radical (unpaired) electrons. The largest absolute Gasteiger partial charge is 0.382 e. The van der Waals surface area contributed by atoms with Crippen molar-refractivity contribution in [2.45, 2.75) is 6.92 Å². The first kappa shape index (κ1) is 13.0. The van der Waals surface area contributed by atoms with E-state index in [0.29, 0.717) is 18.1 Å². The van der Waals surface area contributed by atoms with E-state index >= 15 is 0 Å². The van der Waals surface area contributed by atoms with Crippen LogP contribution in [0.25, 0.3) is 0 Å². The van der Waals surface area contributed by atoms with Crippen LogP contribution in [0.15, 0.2) is 42.5 Å². The third-order valence-corrected chi connectivity index (χ3v) is 2.72. The lowest BCUT2D eigenvalue weighted by Gasteiger charge is -2.22. The lowest BCUT2D eigenvalue weighted by Crippen LogP contribution is -2.20. The van der Waals surface area contributed by atoms with E-state index in [2.05, 4.69) is 4.98 Å². The lowest BCUT2D eigenvalue weighted by molar-refractivity contribution is 0.627. The number of rotatable bonds is 4. The van der Waals surface area contributed by atoms with Gasteiger partial charge in [-0.25, -0.2) is 9.37 Å². The van der Waals surface area contributed by atoms with Crippen molar-refractivity contribution in [3.05, 3.63) is 54.0 Å². The Balaban J connectivity index is 2.42. The molecule has 0 spiro atoms. The minimum absolute atomic E-state index is 0.0860. The summed E-state index contributed by atoms with van der Waals surface area (Å²) in [4.78, 5) is 6.16. The fourth-order valence-corrected chi connectivity index (χ4v) is 1.84. The highest BCUT2D eigenvalue weighted by Gasteiger charge is 2.10. The molecule has 0 saturated heterocycles. The van der Waals surface area contributed by atoms with Crippen LogP contribution in [0.2, 0.25) is 0 Å². The first-order valence-electron chi connectivity index (χ1n) is 5.96. The summed E-state index contributed by atoms with van der Waals surface area (Å²) in [6, 6.07) is 11.6. The minimum Gasteiger partial charge on any atom is -0.382 e. The summed E-state index contributed by atoms with van der Waals surface area (Å²) >= 11 is 0. The molecule has 0 aliphatic rings. The molecule has 19 heavy (non-hydrogen) atoms. The van der Waals surface area contributed by atoms with Crippen LogP contribution < -0.4 is 10.6 Å². The molecule has 0 unspecified atom stereocenters. The van der Waals surface area contributed by atoms with Gasteiger partial charge < -0.3 is 10.6 Å². The normalized spacial score (nSPS) is 10.2. The summed E-state index contributed by atoms with van der Waals surface area (Å²) in [6.45, 7) is 2.59. The molecular formula is C14H15FN4. The zero-order valence-corrected chi connectivity index (χ0v) is 10.6. The Hall–Kier alpha value is -2.43. The number of amidine groups is 1. The number of anilines is 2. The summed E-state index contributed by atoms with van der Waals surface area (Å²) < 4.78 is 13.3. The summed E-state index contributed by atoms with van der Waals surface area (Å²) in [5.41, 5.74) is 6.56. The molecular weight excluding hydrogens is 243 g/mol. The Morgan fingerprint density at radius 1 is 1.32 bits per heavy atom. The van der Waals surface area contributed by atoms with E-state index < -0.39 is 0 Å². The first-order valence-corrected chi connectivity index (χ1v) is 5.96. The summed E-state index contributed by atoms with van der Waals surface area (Å²) in [5.74, 6) is 0.261. The van der Waals surface area contributed by atoms with Crippen LogP contribution in [-0.4, -0.2) is 17.4 Å². The minimum atomic E-state index is -0.293. The van der Waals surface area contributed by atoms with Crippen molar-refractivity contribution < 1.29 is 4.39 Å². The highest BCUT2D eigenvalue weighted by molar-refractivity contribution is 5.93. The van der Waals surface area contributed by atoms with Gasteiger partial charge in [0.2, 0.25) is 0 Å². The molecule has 5 heteroatoms. The second kappa shape index (κ2) is 5.48. The number of hydrogen-bond acceptors (Lipinski definition) is 3. The number of aromatic nitrogens is 1. The second-order valence-corrected chi connectivity index (χ2v) is 4.02. The van der Waals surface area contributed by atoms with Crippen LogP contribution >= 0.6 is 0 Å². The molecule has 0 atom stereocenters. The smallest absolute Gasteiger partial charge is 0.141 e. The molecule has 98 valence electrons. The molecule has 0 aliphatic carbocycles. The van der Waals surface area contributed by atoms with E-state index in [0.717, 1.165) is 5.69 Å². The van der Waals surface area contributed by atoms with Crippen molar-refractivity contribution in [1.82, 2.24) is 4.98 Å². The number of halogens is 1. The molecule has 1 aromatic heterocycles. The fourth-order valence-electron chi connectivity index (χ4n) is 1.84. The van der Waals surface area contributed by atoms with E-state index in [4.69, 9.17) is 11.1 Å². The Morgan fingerprint density at radius 3 is 2.68 bits per heavy atom. The quantitative estimate of drug-likeness (QED) is 0.654. The fraction of sp³-hybridized carbons (Fsp3) is 0.143. The molecule has 0 aliphatic heterocycles. The van der Waals surface area contributed by atoms with E-state index in [1.54, 1.807) is 24.3 Å². The van der Waals surface area contributed by atoms with E-state index in [-0.39, 0.29) is 11.7 Å². The zero-order chi connectivity index (χ0) is 13.8.